The van der Waals surface area contributed by atoms with Gasteiger partial charge >= 0.3 is 0 Å². The van der Waals surface area contributed by atoms with Crippen molar-refractivity contribution in [2.24, 2.45) is 4.99 Å². The number of guanidine groups is 1. The van der Waals surface area contributed by atoms with Gasteiger partial charge in [0.25, 0.3) is 0 Å². The highest BCUT2D eigenvalue weighted by atomic mass is 32.1. The summed E-state index contributed by atoms with van der Waals surface area (Å²) >= 11 is 1.43. The molecule has 0 saturated carbocycles. The highest BCUT2D eigenvalue weighted by molar-refractivity contribution is 7.22. The molecule has 2 amide bonds. The lowest BCUT2D eigenvalue weighted by atomic mass is 10.1. The summed E-state index contributed by atoms with van der Waals surface area (Å²) in [6.45, 7) is 0. The molecule has 2 aromatic carbocycles. The first-order valence-corrected chi connectivity index (χ1v) is 9.90. The first kappa shape index (κ1) is 19.6. The number of para-hydroxylation sites is 1. The second-order valence-corrected chi connectivity index (χ2v) is 7.45. The standard InChI is InChI=1S/C20H19N5O4S/c1-28-14-8-7-11(9-15(14)29-2)21-18(27)13-10-17(26)24-19(22-13)25-20-23-12-5-3-4-6-16(12)30-20/h3-9,13H,10H2,1-2H3,(H,21,27)(H2,22,23,24,25,26)/t13-/m1/s1. The van der Waals surface area contributed by atoms with Crippen LogP contribution in [0.15, 0.2) is 47.5 Å². The number of hydrogen-bond acceptors (Lipinski definition) is 8. The first-order valence-electron chi connectivity index (χ1n) is 9.09. The van der Waals surface area contributed by atoms with Gasteiger partial charge in [0.1, 0.15) is 6.04 Å². The van der Waals surface area contributed by atoms with Gasteiger partial charge in [-0.1, -0.05) is 23.5 Å². The third-order valence-electron chi connectivity index (χ3n) is 4.39. The molecule has 0 aliphatic carbocycles. The van der Waals surface area contributed by atoms with Gasteiger partial charge in [0.05, 0.1) is 30.9 Å². The van der Waals surface area contributed by atoms with E-state index in [2.05, 4.69) is 25.9 Å². The molecule has 10 heteroatoms. The van der Waals surface area contributed by atoms with E-state index < -0.39 is 11.9 Å². The maximum Gasteiger partial charge on any atom is 0.249 e. The normalized spacial score (nSPS) is 15.9. The maximum absolute atomic E-state index is 12.7. The number of hydrogen-bond donors (Lipinski definition) is 3. The summed E-state index contributed by atoms with van der Waals surface area (Å²) in [7, 11) is 3.05. The highest BCUT2D eigenvalue weighted by Crippen LogP contribution is 2.30. The fourth-order valence-corrected chi connectivity index (χ4v) is 3.84. The van der Waals surface area contributed by atoms with Gasteiger partial charge in [-0.05, 0) is 24.3 Å². The van der Waals surface area contributed by atoms with Crippen LogP contribution in [-0.2, 0) is 9.59 Å². The van der Waals surface area contributed by atoms with Crippen molar-refractivity contribution < 1.29 is 19.1 Å². The third kappa shape index (κ3) is 4.18. The summed E-state index contributed by atoms with van der Waals surface area (Å²) in [5.41, 5.74) is 1.36. The Morgan fingerprint density at radius 3 is 2.73 bits per heavy atom. The second kappa shape index (κ2) is 8.37. The molecule has 1 aromatic heterocycles. The van der Waals surface area contributed by atoms with Crippen LogP contribution in [0.1, 0.15) is 6.42 Å². The van der Waals surface area contributed by atoms with E-state index in [0.29, 0.717) is 22.3 Å². The van der Waals surface area contributed by atoms with E-state index in [1.807, 2.05) is 24.3 Å². The molecule has 1 aliphatic rings. The summed E-state index contributed by atoms with van der Waals surface area (Å²) in [5, 5.41) is 8.97. The number of aromatic nitrogens is 1. The number of rotatable bonds is 5. The minimum absolute atomic E-state index is 0.0514. The number of fused-ring (bicyclic) bond motifs is 1. The van der Waals surface area contributed by atoms with Gasteiger partial charge in [-0.2, -0.15) is 0 Å². The quantitative estimate of drug-likeness (QED) is 0.579. The maximum atomic E-state index is 12.7. The van der Waals surface area contributed by atoms with Crippen molar-refractivity contribution in [2.75, 3.05) is 24.9 Å². The summed E-state index contributed by atoms with van der Waals surface area (Å²) in [6, 6.07) is 11.8. The molecule has 0 radical (unpaired) electrons. The number of aliphatic imine (C=N–C) groups is 1. The van der Waals surface area contributed by atoms with Gasteiger partial charge in [0.15, 0.2) is 16.6 Å². The van der Waals surface area contributed by atoms with Crippen LogP contribution in [0.25, 0.3) is 10.2 Å². The smallest absolute Gasteiger partial charge is 0.249 e. The number of nitrogens with zero attached hydrogens (tertiary/aromatic N) is 2. The number of methoxy groups -OCH3 is 2. The Kier molecular flexibility index (Phi) is 5.48. The van der Waals surface area contributed by atoms with E-state index in [-0.39, 0.29) is 18.3 Å². The summed E-state index contributed by atoms with van der Waals surface area (Å²) < 4.78 is 11.4. The predicted molar refractivity (Wildman–Crippen MR) is 115 cm³/mol. The molecule has 1 atom stereocenters. The molecule has 9 nitrogen and oxygen atoms in total. The Labute approximate surface area is 176 Å². The van der Waals surface area contributed by atoms with Gasteiger partial charge in [-0.15, -0.1) is 0 Å². The van der Waals surface area contributed by atoms with Gasteiger partial charge in [0.2, 0.25) is 17.8 Å². The molecule has 3 N–H and O–H groups in total. The van der Waals surface area contributed by atoms with E-state index in [1.165, 1.54) is 25.6 Å². The molecular weight excluding hydrogens is 406 g/mol. The van der Waals surface area contributed by atoms with Crippen LogP contribution in [0.4, 0.5) is 10.8 Å². The average molecular weight is 425 g/mol. The fraction of sp³-hybridized carbons (Fsp3) is 0.200. The second-order valence-electron chi connectivity index (χ2n) is 6.42. The lowest BCUT2D eigenvalue weighted by molar-refractivity contribution is -0.124. The van der Waals surface area contributed by atoms with E-state index in [1.54, 1.807) is 18.2 Å². The number of carbonyl (C=O) groups is 2. The zero-order chi connectivity index (χ0) is 21.1. The Morgan fingerprint density at radius 1 is 1.17 bits per heavy atom. The minimum Gasteiger partial charge on any atom is -0.493 e. The topological polar surface area (TPSA) is 114 Å². The first-order chi connectivity index (χ1) is 14.6. The molecule has 154 valence electrons. The molecular formula is C20H19N5O4S. The molecule has 0 unspecified atom stereocenters. The fourth-order valence-electron chi connectivity index (χ4n) is 2.97. The van der Waals surface area contributed by atoms with E-state index in [0.717, 1.165) is 10.2 Å². The number of nitrogens with one attached hydrogen (secondary N) is 3. The van der Waals surface area contributed by atoms with Crippen molar-refractivity contribution >= 4 is 50.1 Å². The van der Waals surface area contributed by atoms with Crippen molar-refractivity contribution in [3.8, 4) is 11.5 Å². The molecule has 2 heterocycles. The number of anilines is 2. The number of carbonyl (C=O) groups excluding carboxylic acids is 2. The summed E-state index contributed by atoms with van der Waals surface area (Å²) in [4.78, 5) is 33.6. The highest BCUT2D eigenvalue weighted by Gasteiger charge is 2.27. The summed E-state index contributed by atoms with van der Waals surface area (Å²) in [5.74, 6) is 0.519. The Morgan fingerprint density at radius 2 is 1.97 bits per heavy atom. The van der Waals surface area contributed by atoms with Crippen LogP contribution in [-0.4, -0.2) is 43.0 Å². The molecule has 30 heavy (non-hydrogen) atoms. The lowest BCUT2D eigenvalue weighted by Gasteiger charge is -2.20. The molecule has 0 fully saturated rings. The van der Waals surface area contributed by atoms with Crippen LogP contribution in [0.3, 0.4) is 0 Å². The van der Waals surface area contributed by atoms with Crippen LogP contribution in [0.2, 0.25) is 0 Å². The molecule has 0 saturated heterocycles. The number of amides is 2. The number of thiazole rings is 1. The zero-order valence-corrected chi connectivity index (χ0v) is 17.1. The average Bonchev–Trinajstić information content (AvgIpc) is 3.15. The van der Waals surface area contributed by atoms with Crippen LogP contribution in [0, 0.1) is 0 Å². The van der Waals surface area contributed by atoms with Crippen molar-refractivity contribution in [1.29, 1.82) is 0 Å². The van der Waals surface area contributed by atoms with Crippen LogP contribution < -0.4 is 25.4 Å². The van der Waals surface area contributed by atoms with Crippen molar-refractivity contribution in [3.05, 3.63) is 42.5 Å². The van der Waals surface area contributed by atoms with Crippen LogP contribution >= 0.6 is 11.3 Å². The van der Waals surface area contributed by atoms with Crippen molar-refractivity contribution in [2.45, 2.75) is 12.5 Å². The van der Waals surface area contributed by atoms with Crippen molar-refractivity contribution in [1.82, 2.24) is 10.3 Å². The molecule has 3 aromatic rings. The molecule has 1 aliphatic heterocycles. The monoisotopic (exact) mass is 425 g/mol. The van der Waals surface area contributed by atoms with Crippen LogP contribution in [0.5, 0.6) is 11.5 Å². The van der Waals surface area contributed by atoms with E-state index in [4.69, 9.17) is 9.47 Å². The van der Waals surface area contributed by atoms with Gasteiger partial charge < -0.3 is 20.1 Å². The largest absolute Gasteiger partial charge is 0.493 e. The number of ether oxygens (including phenoxy) is 2. The molecule has 0 bridgehead atoms. The predicted octanol–water partition coefficient (Wildman–Crippen LogP) is 2.61. The van der Waals surface area contributed by atoms with Gasteiger partial charge in [-0.3, -0.25) is 14.9 Å². The van der Waals surface area contributed by atoms with Gasteiger partial charge in [0, 0.05) is 11.8 Å². The number of benzene rings is 2. The zero-order valence-electron chi connectivity index (χ0n) is 16.3. The minimum atomic E-state index is -0.872. The third-order valence-corrected chi connectivity index (χ3v) is 5.35. The SMILES string of the molecule is COc1ccc(NC(=O)[C@H]2CC(=O)NC(Nc3nc4ccccc4s3)=N2)cc1OC. The Bertz CT molecular complexity index is 1110. The summed E-state index contributed by atoms with van der Waals surface area (Å²) in [6.07, 6.45) is -0.0514. The molecule has 4 rings (SSSR count). The Balaban J connectivity index is 1.50. The van der Waals surface area contributed by atoms with E-state index in [9.17, 15) is 9.59 Å². The molecule has 0 spiro atoms. The Hall–Kier alpha value is -3.66. The van der Waals surface area contributed by atoms with E-state index >= 15 is 0 Å². The lowest BCUT2D eigenvalue weighted by Crippen LogP contribution is -2.45. The van der Waals surface area contributed by atoms with Crippen molar-refractivity contribution in [3.63, 3.8) is 0 Å². The van der Waals surface area contributed by atoms with Gasteiger partial charge in [-0.25, -0.2) is 9.98 Å².